The molecule has 0 unspecified atom stereocenters. The van der Waals surface area contributed by atoms with Crippen LogP contribution in [0, 0.1) is 6.92 Å². The molecule has 2 aromatic carbocycles. The Labute approximate surface area is 152 Å². The minimum absolute atomic E-state index is 0.0973. The van der Waals surface area contributed by atoms with Crippen molar-refractivity contribution in [3.63, 3.8) is 0 Å². The molecule has 0 saturated heterocycles. The van der Waals surface area contributed by atoms with Crippen LogP contribution in [0.2, 0.25) is 5.02 Å². The van der Waals surface area contributed by atoms with E-state index in [0.717, 1.165) is 5.56 Å². The molecule has 134 valence electrons. The molecule has 0 spiro atoms. The lowest BCUT2D eigenvalue weighted by Crippen LogP contribution is -2.28. The van der Waals surface area contributed by atoms with Gasteiger partial charge in [0.25, 0.3) is 0 Å². The van der Waals surface area contributed by atoms with Gasteiger partial charge in [0.15, 0.2) is 0 Å². The number of halogens is 1. The summed E-state index contributed by atoms with van der Waals surface area (Å²) in [4.78, 5) is 11.1. The molecule has 0 radical (unpaired) electrons. The molecule has 2 N–H and O–H groups in total. The second-order valence-electron chi connectivity index (χ2n) is 5.39. The van der Waals surface area contributed by atoms with E-state index in [-0.39, 0.29) is 24.0 Å². The summed E-state index contributed by atoms with van der Waals surface area (Å²) in [6.07, 6.45) is 0. The van der Waals surface area contributed by atoms with Gasteiger partial charge in [-0.25, -0.2) is 13.1 Å². The molecular weight excluding hydrogens is 364 g/mol. The second kappa shape index (κ2) is 8.33. The van der Waals surface area contributed by atoms with Gasteiger partial charge in [-0.15, -0.1) is 0 Å². The summed E-state index contributed by atoms with van der Waals surface area (Å²) in [5, 5.41) is 3.05. The van der Waals surface area contributed by atoms with Gasteiger partial charge >= 0.3 is 0 Å². The summed E-state index contributed by atoms with van der Waals surface area (Å²) in [5.74, 6) is 0.293. The quantitative estimate of drug-likeness (QED) is 0.721. The van der Waals surface area contributed by atoms with Crippen LogP contribution in [0.1, 0.15) is 12.5 Å². The Kier molecular flexibility index (Phi) is 6.41. The monoisotopic (exact) mass is 382 g/mol. The van der Waals surface area contributed by atoms with E-state index in [1.807, 2.05) is 13.0 Å². The summed E-state index contributed by atoms with van der Waals surface area (Å²) in [5.41, 5.74) is 1.53. The van der Waals surface area contributed by atoms with Crippen LogP contribution in [0.25, 0.3) is 0 Å². The summed E-state index contributed by atoms with van der Waals surface area (Å²) in [6.45, 7) is 3.54. The van der Waals surface area contributed by atoms with E-state index in [4.69, 9.17) is 16.3 Å². The first-order chi connectivity index (χ1) is 11.8. The Hall–Kier alpha value is -2.09. The molecule has 0 heterocycles. The van der Waals surface area contributed by atoms with Crippen molar-refractivity contribution in [1.82, 2.24) is 4.72 Å². The molecule has 6 nitrogen and oxygen atoms in total. The molecule has 0 aliphatic heterocycles. The number of carbonyl (C=O) groups excluding carboxylic acids is 1. The molecule has 25 heavy (non-hydrogen) atoms. The van der Waals surface area contributed by atoms with Crippen molar-refractivity contribution in [2.75, 3.05) is 18.5 Å². The van der Waals surface area contributed by atoms with Crippen molar-refractivity contribution in [2.45, 2.75) is 18.7 Å². The van der Waals surface area contributed by atoms with Crippen molar-refractivity contribution in [3.8, 4) is 5.75 Å². The topological polar surface area (TPSA) is 84.5 Å². The highest BCUT2D eigenvalue weighted by atomic mass is 35.5. The molecule has 8 heteroatoms. The number of ether oxygens (including phenoxy) is 1. The number of hydrogen-bond donors (Lipinski definition) is 2. The standard InChI is InChI=1S/C17H19ClN2O4S/c1-12-3-8-16(18)17(11-12)24-10-9-19-25(22,23)15-6-4-14(5-7-15)20-13(2)21/h3-8,11,19H,9-10H2,1-2H3,(H,20,21). The van der Waals surface area contributed by atoms with Gasteiger partial charge in [0.05, 0.1) is 9.92 Å². The summed E-state index contributed by atoms with van der Waals surface area (Å²) < 4.78 is 32.4. The molecule has 0 saturated carbocycles. The Balaban J connectivity index is 1.90. The van der Waals surface area contributed by atoms with Crippen LogP contribution in [0.4, 0.5) is 5.69 Å². The first kappa shape index (κ1) is 19.2. The van der Waals surface area contributed by atoms with Crippen LogP contribution in [0.5, 0.6) is 5.75 Å². The first-order valence-corrected chi connectivity index (χ1v) is 9.40. The maximum atomic E-state index is 12.2. The fourth-order valence-corrected chi connectivity index (χ4v) is 3.25. The maximum absolute atomic E-state index is 12.2. The largest absolute Gasteiger partial charge is 0.491 e. The third-order valence-electron chi connectivity index (χ3n) is 3.22. The van der Waals surface area contributed by atoms with Gasteiger partial charge in [0.2, 0.25) is 15.9 Å². The van der Waals surface area contributed by atoms with Crippen molar-refractivity contribution >= 4 is 33.2 Å². The van der Waals surface area contributed by atoms with Gasteiger partial charge in [-0.05, 0) is 48.9 Å². The Bertz CT molecular complexity index is 851. The number of rotatable bonds is 7. The maximum Gasteiger partial charge on any atom is 0.240 e. The van der Waals surface area contributed by atoms with E-state index < -0.39 is 10.0 Å². The Morgan fingerprint density at radius 2 is 1.84 bits per heavy atom. The lowest BCUT2D eigenvalue weighted by Gasteiger charge is -2.10. The van der Waals surface area contributed by atoms with Gasteiger partial charge in [0.1, 0.15) is 12.4 Å². The van der Waals surface area contributed by atoms with Crippen LogP contribution in [0.3, 0.4) is 0 Å². The first-order valence-electron chi connectivity index (χ1n) is 7.54. The molecule has 2 aromatic rings. The molecule has 0 bridgehead atoms. The number of nitrogens with one attached hydrogen (secondary N) is 2. The molecule has 0 atom stereocenters. The predicted molar refractivity (Wildman–Crippen MR) is 97.6 cm³/mol. The smallest absolute Gasteiger partial charge is 0.240 e. The minimum atomic E-state index is -3.65. The Morgan fingerprint density at radius 3 is 2.48 bits per heavy atom. The summed E-state index contributed by atoms with van der Waals surface area (Å²) in [6, 6.07) is 11.3. The number of anilines is 1. The second-order valence-corrected chi connectivity index (χ2v) is 7.56. The SMILES string of the molecule is CC(=O)Nc1ccc(S(=O)(=O)NCCOc2cc(C)ccc2Cl)cc1. The van der Waals surface area contributed by atoms with Crippen molar-refractivity contribution < 1.29 is 17.9 Å². The van der Waals surface area contributed by atoms with Gasteiger partial charge in [-0.2, -0.15) is 0 Å². The van der Waals surface area contributed by atoms with E-state index in [9.17, 15) is 13.2 Å². The highest BCUT2D eigenvalue weighted by Gasteiger charge is 2.13. The van der Waals surface area contributed by atoms with Crippen LogP contribution in [0.15, 0.2) is 47.4 Å². The number of sulfonamides is 1. The van der Waals surface area contributed by atoms with Gasteiger partial charge in [-0.1, -0.05) is 17.7 Å². The zero-order valence-corrected chi connectivity index (χ0v) is 15.4. The normalized spacial score (nSPS) is 11.2. The predicted octanol–water partition coefficient (Wildman–Crippen LogP) is 2.96. The van der Waals surface area contributed by atoms with Crippen molar-refractivity contribution in [2.24, 2.45) is 0 Å². The third-order valence-corrected chi connectivity index (χ3v) is 5.01. The molecule has 0 aliphatic carbocycles. The van der Waals surface area contributed by atoms with Gasteiger partial charge in [0, 0.05) is 19.2 Å². The molecular formula is C17H19ClN2O4S. The number of carbonyl (C=O) groups is 1. The third kappa shape index (κ3) is 5.74. The lowest BCUT2D eigenvalue weighted by atomic mass is 10.2. The number of benzene rings is 2. The highest BCUT2D eigenvalue weighted by molar-refractivity contribution is 7.89. The van der Waals surface area contributed by atoms with E-state index in [1.165, 1.54) is 31.2 Å². The minimum Gasteiger partial charge on any atom is -0.491 e. The van der Waals surface area contributed by atoms with Crippen LogP contribution in [-0.2, 0) is 14.8 Å². The van der Waals surface area contributed by atoms with Gasteiger partial charge in [-0.3, -0.25) is 4.79 Å². The number of hydrogen-bond acceptors (Lipinski definition) is 4. The van der Waals surface area contributed by atoms with Gasteiger partial charge < -0.3 is 10.1 Å². The number of aryl methyl sites for hydroxylation is 1. The van der Waals surface area contributed by atoms with Crippen molar-refractivity contribution in [1.29, 1.82) is 0 Å². The van der Waals surface area contributed by atoms with E-state index in [1.54, 1.807) is 12.1 Å². The van der Waals surface area contributed by atoms with E-state index in [0.29, 0.717) is 16.5 Å². The average Bonchev–Trinajstić information content (AvgIpc) is 2.54. The summed E-state index contributed by atoms with van der Waals surface area (Å²) >= 11 is 6.02. The van der Waals surface area contributed by atoms with Crippen LogP contribution < -0.4 is 14.8 Å². The molecule has 2 rings (SSSR count). The molecule has 1 amide bonds. The highest BCUT2D eigenvalue weighted by Crippen LogP contribution is 2.25. The lowest BCUT2D eigenvalue weighted by molar-refractivity contribution is -0.114. The summed E-state index contributed by atoms with van der Waals surface area (Å²) in [7, 11) is -3.65. The molecule has 0 aliphatic rings. The average molecular weight is 383 g/mol. The van der Waals surface area contributed by atoms with Crippen molar-refractivity contribution in [3.05, 3.63) is 53.1 Å². The Morgan fingerprint density at radius 1 is 1.16 bits per heavy atom. The zero-order valence-electron chi connectivity index (χ0n) is 13.9. The van der Waals surface area contributed by atoms with Crippen LogP contribution in [-0.4, -0.2) is 27.5 Å². The fraction of sp³-hybridized carbons (Fsp3) is 0.235. The van der Waals surface area contributed by atoms with E-state index in [2.05, 4.69) is 10.0 Å². The molecule has 0 aromatic heterocycles. The number of amides is 1. The fourth-order valence-electron chi connectivity index (χ4n) is 2.06. The zero-order chi connectivity index (χ0) is 18.4. The van der Waals surface area contributed by atoms with E-state index >= 15 is 0 Å². The van der Waals surface area contributed by atoms with Crippen LogP contribution >= 0.6 is 11.6 Å². The molecule has 0 fully saturated rings.